The van der Waals surface area contributed by atoms with Crippen molar-refractivity contribution in [1.29, 1.82) is 0 Å². The topological polar surface area (TPSA) is 18.5 Å². The Bertz CT molecular complexity index is 543. The summed E-state index contributed by atoms with van der Waals surface area (Å²) < 4.78 is 25.2. The van der Waals surface area contributed by atoms with Gasteiger partial charge in [-0.1, -0.05) is 6.07 Å². The van der Waals surface area contributed by atoms with Crippen molar-refractivity contribution in [1.82, 2.24) is 0 Å². The van der Waals surface area contributed by atoms with Crippen LogP contribution in [0.3, 0.4) is 0 Å². The highest BCUT2D eigenvalue weighted by atomic mass is 127. The Balaban J connectivity index is 2.06. The lowest BCUT2D eigenvalue weighted by Crippen LogP contribution is -1.99. The molecule has 4 heteroatoms. The standard InChI is InChI=1S/C14H12FIO2/c1-17-12-6-5-10(14(15)8-12)9-18-13-4-2-3-11(16)7-13/h2-8H,9H2,1H3. The zero-order valence-electron chi connectivity index (χ0n) is 9.82. The maximum atomic E-state index is 13.7. The van der Waals surface area contributed by atoms with Gasteiger partial charge in [0.1, 0.15) is 23.9 Å². The first-order chi connectivity index (χ1) is 8.69. The number of halogens is 2. The van der Waals surface area contributed by atoms with Crippen LogP contribution in [0.5, 0.6) is 11.5 Å². The molecule has 0 aliphatic rings. The van der Waals surface area contributed by atoms with Gasteiger partial charge in [-0.15, -0.1) is 0 Å². The van der Waals surface area contributed by atoms with Crippen LogP contribution < -0.4 is 9.47 Å². The summed E-state index contributed by atoms with van der Waals surface area (Å²) in [6.07, 6.45) is 0. The molecule has 0 bridgehead atoms. The molecule has 18 heavy (non-hydrogen) atoms. The molecule has 0 amide bonds. The molecule has 0 aliphatic carbocycles. The number of ether oxygens (including phenoxy) is 2. The van der Waals surface area contributed by atoms with Gasteiger partial charge in [0, 0.05) is 15.2 Å². The molecule has 0 unspecified atom stereocenters. The fourth-order valence-corrected chi connectivity index (χ4v) is 2.00. The Morgan fingerprint density at radius 1 is 1.11 bits per heavy atom. The normalized spacial score (nSPS) is 10.2. The molecule has 0 spiro atoms. The summed E-state index contributed by atoms with van der Waals surface area (Å²) in [5, 5.41) is 0. The summed E-state index contributed by atoms with van der Waals surface area (Å²) in [4.78, 5) is 0. The third kappa shape index (κ3) is 3.35. The number of hydrogen-bond acceptors (Lipinski definition) is 2. The molecular formula is C14H12FIO2. The minimum Gasteiger partial charge on any atom is -0.497 e. The Kier molecular flexibility index (Phi) is 4.41. The number of rotatable bonds is 4. The van der Waals surface area contributed by atoms with Gasteiger partial charge >= 0.3 is 0 Å². The van der Waals surface area contributed by atoms with E-state index < -0.39 is 0 Å². The van der Waals surface area contributed by atoms with E-state index in [1.54, 1.807) is 12.1 Å². The molecule has 0 heterocycles. The summed E-state index contributed by atoms with van der Waals surface area (Å²) in [5.74, 6) is 0.919. The molecule has 2 aromatic carbocycles. The maximum Gasteiger partial charge on any atom is 0.133 e. The monoisotopic (exact) mass is 358 g/mol. The molecule has 0 aliphatic heterocycles. The summed E-state index contributed by atoms with van der Waals surface area (Å²) in [6, 6.07) is 12.4. The van der Waals surface area contributed by atoms with Crippen LogP contribution in [0.15, 0.2) is 42.5 Å². The molecule has 0 atom stereocenters. The average molecular weight is 358 g/mol. The highest BCUT2D eigenvalue weighted by Gasteiger charge is 2.05. The zero-order chi connectivity index (χ0) is 13.0. The van der Waals surface area contributed by atoms with Crippen molar-refractivity contribution < 1.29 is 13.9 Å². The van der Waals surface area contributed by atoms with E-state index in [2.05, 4.69) is 22.6 Å². The quantitative estimate of drug-likeness (QED) is 0.769. The van der Waals surface area contributed by atoms with Crippen molar-refractivity contribution in [2.24, 2.45) is 0 Å². The number of benzene rings is 2. The van der Waals surface area contributed by atoms with Gasteiger partial charge in [0.05, 0.1) is 7.11 Å². The Hall–Kier alpha value is -1.30. The van der Waals surface area contributed by atoms with Gasteiger partial charge in [0.15, 0.2) is 0 Å². The van der Waals surface area contributed by atoms with Gasteiger partial charge in [0.2, 0.25) is 0 Å². The van der Waals surface area contributed by atoms with Crippen LogP contribution in [-0.2, 0) is 6.61 Å². The van der Waals surface area contributed by atoms with E-state index >= 15 is 0 Å². The third-order valence-corrected chi connectivity index (χ3v) is 3.12. The SMILES string of the molecule is COc1ccc(COc2cccc(I)c2)c(F)c1. The van der Waals surface area contributed by atoms with Crippen LogP contribution in [0.25, 0.3) is 0 Å². The highest BCUT2D eigenvalue weighted by molar-refractivity contribution is 14.1. The van der Waals surface area contributed by atoms with Gasteiger partial charge in [0.25, 0.3) is 0 Å². The molecule has 0 saturated heterocycles. The fraction of sp³-hybridized carbons (Fsp3) is 0.143. The van der Waals surface area contributed by atoms with E-state index in [-0.39, 0.29) is 12.4 Å². The van der Waals surface area contributed by atoms with E-state index in [0.29, 0.717) is 11.3 Å². The lowest BCUT2D eigenvalue weighted by atomic mass is 10.2. The van der Waals surface area contributed by atoms with Crippen LogP contribution >= 0.6 is 22.6 Å². The Morgan fingerprint density at radius 2 is 1.94 bits per heavy atom. The molecular weight excluding hydrogens is 346 g/mol. The van der Waals surface area contributed by atoms with Crippen LogP contribution in [0.4, 0.5) is 4.39 Å². The van der Waals surface area contributed by atoms with Gasteiger partial charge in [-0.25, -0.2) is 4.39 Å². The largest absolute Gasteiger partial charge is 0.497 e. The van der Waals surface area contributed by atoms with E-state index in [1.165, 1.54) is 13.2 Å². The predicted octanol–water partition coefficient (Wildman–Crippen LogP) is 4.02. The number of methoxy groups -OCH3 is 1. The second-order valence-electron chi connectivity index (χ2n) is 3.70. The molecule has 0 N–H and O–H groups in total. The van der Waals surface area contributed by atoms with E-state index in [1.807, 2.05) is 24.3 Å². The van der Waals surface area contributed by atoms with Crippen LogP contribution in [0.1, 0.15) is 5.56 Å². The van der Waals surface area contributed by atoms with Crippen molar-refractivity contribution in [3.8, 4) is 11.5 Å². The van der Waals surface area contributed by atoms with E-state index in [9.17, 15) is 4.39 Å². The van der Waals surface area contributed by atoms with Gasteiger partial charge in [-0.2, -0.15) is 0 Å². The minimum absolute atomic E-state index is 0.204. The van der Waals surface area contributed by atoms with Crippen molar-refractivity contribution in [3.63, 3.8) is 0 Å². The maximum absolute atomic E-state index is 13.7. The van der Waals surface area contributed by atoms with Crippen LogP contribution in [-0.4, -0.2) is 7.11 Å². The first kappa shape index (κ1) is 13.1. The molecule has 2 aromatic rings. The van der Waals surface area contributed by atoms with Gasteiger partial charge in [-0.3, -0.25) is 0 Å². The Labute approximate surface area is 119 Å². The fourth-order valence-electron chi connectivity index (χ4n) is 1.49. The van der Waals surface area contributed by atoms with Crippen molar-refractivity contribution >= 4 is 22.6 Å². The predicted molar refractivity (Wildman–Crippen MR) is 76.4 cm³/mol. The molecule has 0 aromatic heterocycles. The molecule has 94 valence electrons. The molecule has 0 fully saturated rings. The summed E-state index contributed by atoms with van der Waals surface area (Å²) in [7, 11) is 1.51. The molecule has 2 rings (SSSR count). The first-order valence-electron chi connectivity index (χ1n) is 5.40. The van der Waals surface area contributed by atoms with Gasteiger partial charge in [-0.05, 0) is 52.9 Å². The lowest BCUT2D eigenvalue weighted by molar-refractivity contribution is 0.299. The molecule has 0 saturated carbocycles. The van der Waals surface area contributed by atoms with Crippen molar-refractivity contribution in [2.45, 2.75) is 6.61 Å². The average Bonchev–Trinajstić information content (AvgIpc) is 2.37. The summed E-state index contributed by atoms with van der Waals surface area (Å²) >= 11 is 2.21. The third-order valence-electron chi connectivity index (χ3n) is 2.45. The van der Waals surface area contributed by atoms with Gasteiger partial charge < -0.3 is 9.47 Å². The van der Waals surface area contributed by atoms with E-state index in [4.69, 9.17) is 9.47 Å². The zero-order valence-corrected chi connectivity index (χ0v) is 12.0. The molecule has 2 nitrogen and oxygen atoms in total. The van der Waals surface area contributed by atoms with Crippen molar-refractivity contribution in [3.05, 3.63) is 57.4 Å². The first-order valence-corrected chi connectivity index (χ1v) is 6.47. The second kappa shape index (κ2) is 6.04. The summed E-state index contributed by atoms with van der Waals surface area (Å²) in [6.45, 7) is 0.204. The smallest absolute Gasteiger partial charge is 0.133 e. The van der Waals surface area contributed by atoms with Crippen LogP contribution in [0, 0.1) is 9.39 Å². The minimum atomic E-state index is -0.319. The summed E-state index contributed by atoms with van der Waals surface area (Å²) in [5.41, 5.74) is 0.509. The molecule has 0 radical (unpaired) electrons. The highest BCUT2D eigenvalue weighted by Crippen LogP contribution is 2.20. The number of hydrogen-bond donors (Lipinski definition) is 0. The second-order valence-corrected chi connectivity index (χ2v) is 4.95. The van der Waals surface area contributed by atoms with Crippen molar-refractivity contribution in [2.75, 3.05) is 7.11 Å². The van der Waals surface area contributed by atoms with E-state index in [0.717, 1.165) is 9.32 Å². The van der Waals surface area contributed by atoms with Crippen LogP contribution in [0.2, 0.25) is 0 Å². The Morgan fingerprint density at radius 3 is 2.61 bits per heavy atom. The lowest BCUT2D eigenvalue weighted by Gasteiger charge is -2.08.